The van der Waals surface area contributed by atoms with Gasteiger partial charge in [0.15, 0.2) is 0 Å². The van der Waals surface area contributed by atoms with Crippen molar-refractivity contribution in [2.45, 2.75) is 25.8 Å². The average Bonchev–Trinajstić information content (AvgIpc) is 2.78. The minimum atomic E-state index is -0.102. The number of morpholine rings is 1. The first-order valence-corrected chi connectivity index (χ1v) is 10.1. The number of fused-ring (bicyclic) bond motifs is 1. The number of benzene rings is 2. The molecule has 0 radical (unpaired) electrons. The lowest BCUT2D eigenvalue weighted by Crippen LogP contribution is -2.41. The third-order valence-electron chi connectivity index (χ3n) is 5.33. The van der Waals surface area contributed by atoms with Gasteiger partial charge in [0.25, 0.3) is 5.56 Å². The number of nitrogens with zero attached hydrogens (tertiary/aromatic N) is 3. The molecule has 3 aromatic rings. The number of aryl methyl sites for hydroxylation is 3. The van der Waals surface area contributed by atoms with Crippen LogP contribution in [0.2, 0.25) is 0 Å². The lowest BCUT2D eigenvalue weighted by molar-refractivity contribution is -0.135. The first-order valence-electron chi connectivity index (χ1n) is 10.1. The van der Waals surface area contributed by atoms with Gasteiger partial charge in [0, 0.05) is 32.5 Å². The van der Waals surface area contributed by atoms with Gasteiger partial charge in [-0.05, 0) is 24.1 Å². The van der Waals surface area contributed by atoms with Crippen LogP contribution in [0.25, 0.3) is 11.0 Å². The molecule has 1 fully saturated rings. The second-order valence-corrected chi connectivity index (χ2v) is 7.23. The number of carbonyl (C=O) groups is 1. The van der Waals surface area contributed by atoms with Crippen molar-refractivity contribution >= 4 is 16.9 Å². The molecular formula is C23H25N3O3. The molecule has 4 rings (SSSR count). The van der Waals surface area contributed by atoms with Gasteiger partial charge in [-0.25, -0.2) is 4.98 Å². The van der Waals surface area contributed by atoms with E-state index in [4.69, 9.17) is 4.74 Å². The summed E-state index contributed by atoms with van der Waals surface area (Å²) in [4.78, 5) is 32.0. The van der Waals surface area contributed by atoms with Crippen molar-refractivity contribution in [1.82, 2.24) is 14.5 Å². The average molecular weight is 391 g/mol. The highest BCUT2D eigenvalue weighted by Gasteiger charge is 2.18. The highest BCUT2D eigenvalue weighted by Crippen LogP contribution is 2.13. The Morgan fingerprint density at radius 2 is 1.69 bits per heavy atom. The quantitative estimate of drug-likeness (QED) is 0.647. The minimum absolute atomic E-state index is 0.0542. The van der Waals surface area contributed by atoms with Crippen LogP contribution in [-0.4, -0.2) is 46.7 Å². The van der Waals surface area contributed by atoms with Crippen LogP contribution in [0.3, 0.4) is 0 Å². The molecule has 2 heterocycles. The number of carbonyl (C=O) groups excluding carboxylic acids is 1. The van der Waals surface area contributed by atoms with E-state index in [2.05, 4.69) is 17.1 Å². The highest BCUT2D eigenvalue weighted by molar-refractivity contribution is 5.77. The number of ether oxygens (including phenoxy) is 1. The van der Waals surface area contributed by atoms with Gasteiger partial charge in [-0.2, -0.15) is 0 Å². The second-order valence-electron chi connectivity index (χ2n) is 7.23. The zero-order valence-corrected chi connectivity index (χ0v) is 16.4. The Labute approximate surface area is 169 Å². The molecule has 0 N–H and O–H groups in total. The van der Waals surface area contributed by atoms with Crippen molar-refractivity contribution in [3.63, 3.8) is 0 Å². The van der Waals surface area contributed by atoms with E-state index in [0.717, 1.165) is 17.5 Å². The van der Waals surface area contributed by atoms with E-state index in [0.29, 0.717) is 51.4 Å². The van der Waals surface area contributed by atoms with E-state index in [-0.39, 0.29) is 11.5 Å². The van der Waals surface area contributed by atoms with Crippen LogP contribution in [0.4, 0.5) is 0 Å². The maximum absolute atomic E-state index is 13.1. The van der Waals surface area contributed by atoms with Crippen molar-refractivity contribution in [3.8, 4) is 0 Å². The van der Waals surface area contributed by atoms with E-state index in [1.165, 1.54) is 5.56 Å². The third kappa shape index (κ3) is 4.54. The van der Waals surface area contributed by atoms with Crippen LogP contribution in [0.1, 0.15) is 17.7 Å². The van der Waals surface area contributed by atoms with Gasteiger partial charge < -0.3 is 14.2 Å². The van der Waals surface area contributed by atoms with Gasteiger partial charge in [-0.1, -0.05) is 42.5 Å². The van der Waals surface area contributed by atoms with Crippen LogP contribution in [-0.2, 0) is 28.9 Å². The normalized spacial score (nSPS) is 14.3. The van der Waals surface area contributed by atoms with E-state index in [1.807, 2.05) is 42.5 Å². The maximum atomic E-state index is 13.1. The number of rotatable bonds is 6. The number of hydrogen-bond acceptors (Lipinski definition) is 4. The van der Waals surface area contributed by atoms with Gasteiger partial charge in [-0.15, -0.1) is 0 Å². The molecule has 1 saturated heterocycles. The maximum Gasteiger partial charge on any atom is 0.272 e. The zero-order chi connectivity index (χ0) is 20.1. The Balaban J connectivity index is 1.56. The van der Waals surface area contributed by atoms with Crippen molar-refractivity contribution in [3.05, 3.63) is 76.2 Å². The molecule has 150 valence electrons. The molecule has 0 unspecified atom stereocenters. The fourth-order valence-electron chi connectivity index (χ4n) is 3.71. The molecular weight excluding hydrogens is 366 g/mol. The fourth-order valence-corrected chi connectivity index (χ4v) is 3.71. The standard InChI is InChI=1S/C23H25N3O3/c27-22(25-14-16-29-17-15-25)11-10-20-23(28)26(13-12-18-6-2-1-3-7-18)21-9-5-4-8-19(21)24-20/h1-9H,10-17H2. The molecule has 1 aliphatic heterocycles. The second kappa shape index (κ2) is 9.01. The molecule has 6 heteroatoms. The third-order valence-corrected chi connectivity index (χ3v) is 5.33. The fraction of sp³-hybridized carbons (Fsp3) is 0.348. The molecule has 1 aliphatic rings. The highest BCUT2D eigenvalue weighted by atomic mass is 16.5. The lowest BCUT2D eigenvalue weighted by Gasteiger charge is -2.26. The molecule has 29 heavy (non-hydrogen) atoms. The van der Waals surface area contributed by atoms with Crippen molar-refractivity contribution < 1.29 is 9.53 Å². The molecule has 1 aromatic heterocycles. The predicted molar refractivity (Wildman–Crippen MR) is 112 cm³/mol. The topological polar surface area (TPSA) is 64.4 Å². The summed E-state index contributed by atoms with van der Waals surface area (Å²) in [6.07, 6.45) is 1.41. The first-order chi connectivity index (χ1) is 14.2. The van der Waals surface area contributed by atoms with Gasteiger partial charge in [-0.3, -0.25) is 9.59 Å². The monoisotopic (exact) mass is 391 g/mol. The Kier molecular flexibility index (Phi) is 6.00. The summed E-state index contributed by atoms with van der Waals surface area (Å²) in [5.41, 5.74) is 3.16. The molecule has 0 spiro atoms. The molecule has 2 aromatic carbocycles. The summed E-state index contributed by atoms with van der Waals surface area (Å²) >= 11 is 0. The summed E-state index contributed by atoms with van der Waals surface area (Å²) in [6.45, 7) is 2.96. The summed E-state index contributed by atoms with van der Waals surface area (Å²) in [5.74, 6) is 0.0542. The SMILES string of the molecule is O=C(CCc1nc2ccccc2n(CCc2ccccc2)c1=O)N1CCOCC1. The van der Waals surface area contributed by atoms with Crippen molar-refractivity contribution in [2.75, 3.05) is 26.3 Å². The number of amides is 1. The summed E-state index contributed by atoms with van der Waals surface area (Å²) in [7, 11) is 0. The van der Waals surface area contributed by atoms with E-state index >= 15 is 0 Å². The van der Waals surface area contributed by atoms with Crippen LogP contribution >= 0.6 is 0 Å². The van der Waals surface area contributed by atoms with E-state index < -0.39 is 0 Å². The van der Waals surface area contributed by atoms with Crippen LogP contribution in [0, 0.1) is 0 Å². The minimum Gasteiger partial charge on any atom is -0.378 e. The van der Waals surface area contributed by atoms with Crippen LogP contribution in [0.5, 0.6) is 0 Å². The van der Waals surface area contributed by atoms with Gasteiger partial charge >= 0.3 is 0 Å². The molecule has 6 nitrogen and oxygen atoms in total. The first kappa shape index (κ1) is 19.3. The summed E-state index contributed by atoms with van der Waals surface area (Å²) < 4.78 is 7.09. The van der Waals surface area contributed by atoms with Crippen molar-refractivity contribution in [2.24, 2.45) is 0 Å². The Morgan fingerprint density at radius 1 is 0.966 bits per heavy atom. The van der Waals surface area contributed by atoms with E-state index in [9.17, 15) is 9.59 Å². The van der Waals surface area contributed by atoms with Gasteiger partial charge in [0.1, 0.15) is 5.69 Å². The van der Waals surface area contributed by atoms with E-state index in [1.54, 1.807) is 9.47 Å². The molecule has 0 saturated carbocycles. The molecule has 1 amide bonds. The Hall–Kier alpha value is -2.99. The lowest BCUT2D eigenvalue weighted by atomic mass is 10.1. The van der Waals surface area contributed by atoms with Crippen LogP contribution < -0.4 is 5.56 Å². The number of hydrogen-bond donors (Lipinski definition) is 0. The molecule has 0 aliphatic carbocycles. The van der Waals surface area contributed by atoms with Gasteiger partial charge in [0.05, 0.1) is 24.2 Å². The largest absolute Gasteiger partial charge is 0.378 e. The Bertz CT molecular complexity index is 1040. The number of aromatic nitrogens is 2. The Morgan fingerprint density at radius 3 is 2.48 bits per heavy atom. The van der Waals surface area contributed by atoms with Gasteiger partial charge in [0.2, 0.25) is 5.91 Å². The smallest absolute Gasteiger partial charge is 0.272 e. The van der Waals surface area contributed by atoms with Crippen LogP contribution in [0.15, 0.2) is 59.4 Å². The molecule has 0 bridgehead atoms. The number of para-hydroxylation sites is 2. The predicted octanol–water partition coefficient (Wildman–Crippen LogP) is 2.43. The summed E-state index contributed by atoms with van der Waals surface area (Å²) in [6, 6.07) is 17.8. The zero-order valence-electron chi connectivity index (χ0n) is 16.4. The molecule has 0 atom stereocenters. The summed E-state index contributed by atoms with van der Waals surface area (Å²) in [5, 5.41) is 0. The van der Waals surface area contributed by atoms with Crippen molar-refractivity contribution in [1.29, 1.82) is 0 Å².